The standard InChI is InChI=1S/C22H19ClO3/c1-2-14-7-9-15(10-8-14)13-25-21-12-20-18(11-19(21)23)16-5-3-4-6-17(16)22(24)26-20/h2,7-12H,1,3-6,13H2. The molecule has 0 saturated carbocycles. The van der Waals surface area contributed by atoms with Gasteiger partial charge in [-0.05, 0) is 48.4 Å². The first-order chi connectivity index (χ1) is 12.7. The number of fused-ring (bicyclic) bond motifs is 3. The minimum absolute atomic E-state index is 0.236. The van der Waals surface area contributed by atoms with Gasteiger partial charge in [-0.3, -0.25) is 0 Å². The Labute approximate surface area is 156 Å². The Morgan fingerprint density at radius 1 is 1.12 bits per heavy atom. The van der Waals surface area contributed by atoms with E-state index in [1.54, 1.807) is 12.1 Å². The van der Waals surface area contributed by atoms with Crippen LogP contribution in [0.1, 0.15) is 35.1 Å². The summed E-state index contributed by atoms with van der Waals surface area (Å²) < 4.78 is 11.4. The van der Waals surface area contributed by atoms with Crippen molar-refractivity contribution in [3.8, 4) is 5.75 Å². The van der Waals surface area contributed by atoms with Crippen molar-refractivity contribution in [2.45, 2.75) is 32.3 Å². The van der Waals surface area contributed by atoms with Crippen molar-refractivity contribution in [2.75, 3.05) is 0 Å². The SMILES string of the molecule is C=Cc1ccc(COc2cc3oc(=O)c4c(c3cc2Cl)CCCC4)cc1. The number of ether oxygens (including phenoxy) is 1. The highest BCUT2D eigenvalue weighted by atomic mass is 35.5. The average Bonchev–Trinajstić information content (AvgIpc) is 2.68. The van der Waals surface area contributed by atoms with Crippen LogP contribution in [0.5, 0.6) is 5.75 Å². The zero-order chi connectivity index (χ0) is 18.1. The fourth-order valence-electron chi connectivity index (χ4n) is 3.47. The zero-order valence-corrected chi connectivity index (χ0v) is 15.1. The molecule has 0 N–H and O–H groups in total. The molecule has 0 atom stereocenters. The van der Waals surface area contributed by atoms with Crippen LogP contribution in [0.15, 0.2) is 52.2 Å². The van der Waals surface area contributed by atoms with Crippen molar-refractivity contribution in [3.05, 3.63) is 80.7 Å². The predicted octanol–water partition coefficient (Wildman–Crippen LogP) is 5.55. The second-order valence-corrected chi connectivity index (χ2v) is 6.97. The first-order valence-corrected chi connectivity index (χ1v) is 9.16. The number of hydrogen-bond acceptors (Lipinski definition) is 3. The fourth-order valence-corrected chi connectivity index (χ4v) is 3.68. The van der Waals surface area contributed by atoms with Gasteiger partial charge in [0, 0.05) is 17.0 Å². The number of hydrogen-bond donors (Lipinski definition) is 0. The predicted molar refractivity (Wildman–Crippen MR) is 105 cm³/mol. The highest BCUT2D eigenvalue weighted by Gasteiger charge is 2.19. The van der Waals surface area contributed by atoms with Gasteiger partial charge in [0.2, 0.25) is 0 Å². The molecule has 1 aliphatic carbocycles. The molecule has 0 bridgehead atoms. The number of rotatable bonds is 4. The van der Waals surface area contributed by atoms with Crippen LogP contribution in [0.25, 0.3) is 17.0 Å². The summed E-state index contributed by atoms with van der Waals surface area (Å²) in [5.74, 6) is 0.519. The van der Waals surface area contributed by atoms with Gasteiger partial charge in [-0.15, -0.1) is 0 Å². The van der Waals surface area contributed by atoms with Gasteiger partial charge >= 0.3 is 5.63 Å². The molecule has 0 spiro atoms. The van der Waals surface area contributed by atoms with Crippen LogP contribution in [0, 0.1) is 0 Å². The lowest BCUT2D eigenvalue weighted by Gasteiger charge is -2.17. The molecule has 0 aliphatic heterocycles. The van der Waals surface area contributed by atoms with E-state index in [-0.39, 0.29) is 5.63 Å². The van der Waals surface area contributed by atoms with Gasteiger partial charge < -0.3 is 9.15 Å². The topological polar surface area (TPSA) is 39.4 Å². The van der Waals surface area contributed by atoms with E-state index in [9.17, 15) is 4.79 Å². The summed E-state index contributed by atoms with van der Waals surface area (Å²) in [5.41, 5.74) is 4.27. The summed E-state index contributed by atoms with van der Waals surface area (Å²) >= 11 is 6.44. The molecule has 26 heavy (non-hydrogen) atoms. The summed E-state index contributed by atoms with van der Waals surface area (Å²) in [4.78, 5) is 12.3. The van der Waals surface area contributed by atoms with Crippen LogP contribution in [-0.4, -0.2) is 0 Å². The maximum absolute atomic E-state index is 12.3. The number of benzene rings is 2. The van der Waals surface area contributed by atoms with Crippen LogP contribution in [0.2, 0.25) is 5.02 Å². The van der Waals surface area contributed by atoms with E-state index < -0.39 is 0 Å². The molecule has 4 heteroatoms. The molecule has 0 radical (unpaired) electrons. The van der Waals surface area contributed by atoms with E-state index in [0.29, 0.717) is 23.0 Å². The Kier molecular flexibility index (Phi) is 4.56. The molecule has 1 heterocycles. The summed E-state index contributed by atoms with van der Waals surface area (Å²) in [5, 5.41) is 1.45. The Bertz CT molecular complexity index is 1030. The molecular weight excluding hydrogens is 348 g/mol. The highest BCUT2D eigenvalue weighted by molar-refractivity contribution is 6.32. The van der Waals surface area contributed by atoms with Crippen molar-refractivity contribution in [1.82, 2.24) is 0 Å². The van der Waals surface area contributed by atoms with Gasteiger partial charge in [0.1, 0.15) is 17.9 Å². The smallest absolute Gasteiger partial charge is 0.339 e. The Morgan fingerprint density at radius 3 is 2.58 bits per heavy atom. The molecule has 132 valence electrons. The van der Waals surface area contributed by atoms with Crippen LogP contribution in [0.4, 0.5) is 0 Å². The first kappa shape index (κ1) is 16.9. The third-order valence-electron chi connectivity index (χ3n) is 4.89. The van der Waals surface area contributed by atoms with Crippen molar-refractivity contribution in [2.24, 2.45) is 0 Å². The molecule has 3 nitrogen and oxygen atoms in total. The molecule has 4 rings (SSSR count). The highest BCUT2D eigenvalue weighted by Crippen LogP contribution is 2.34. The third-order valence-corrected chi connectivity index (χ3v) is 5.18. The zero-order valence-electron chi connectivity index (χ0n) is 14.4. The Balaban J connectivity index is 1.66. The molecule has 0 amide bonds. The fraction of sp³-hybridized carbons (Fsp3) is 0.227. The Hall–Kier alpha value is -2.52. The lowest BCUT2D eigenvalue weighted by atomic mass is 9.91. The minimum atomic E-state index is -0.236. The number of halogens is 1. The summed E-state index contributed by atoms with van der Waals surface area (Å²) in [6.45, 7) is 4.13. The third kappa shape index (κ3) is 3.15. The monoisotopic (exact) mass is 366 g/mol. The van der Waals surface area contributed by atoms with E-state index in [2.05, 4.69) is 6.58 Å². The van der Waals surface area contributed by atoms with E-state index in [1.165, 1.54) is 0 Å². The second kappa shape index (κ2) is 7.00. The quantitative estimate of drug-likeness (QED) is 0.568. The molecule has 0 unspecified atom stereocenters. The van der Waals surface area contributed by atoms with E-state index in [1.807, 2.05) is 30.3 Å². The van der Waals surface area contributed by atoms with Crippen molar-refractivity contribution in [1.29, 1.82) is 0 Å². The Morgan fingerprint density at radius 2 is 1.85 bits per heavy atom. The second-order valence-electron chi connectivity index (χ2n) is 6.57. The van der Waals surface area contributed by atoms with Crippen LogP contribution >= 0.6 is 11.6 Å². The number of aryl methyl sites for hydroxylation is 1. The largest absolute Gasteiger partial charge is 0.487 e. The lowest BCUT2D eigenvalue weighted by Crippen LogP contribution is -2.15. The van der Waals surface area contributed by atoms with Crippen molar-refractivity contribution >= 4 is 28.6 Å². The van der Waals surface area contributed by atoms with Crippen LogP contribution in [0.3, 0.4) is 0 Å². The maximum atomic E-state index is 12.3. The van der Waals surface area contributed by atoms with Gasteiger partial charge in [0.25, 0.3) is 0 Å². The van der Waals surface area contributed by atoms with Gasteiger partial charge in [0.15, 0.2) is 0 Å². The van der Waals surface area contributed by atoms with E-state index in [4.69, 9.17) is 20.8 Å². The summed E-state index contributed by atoms with van der Waals surface area (Å²) in [7, 11) is 0. The van der Waals surface area contributed by atoms with Crippen LogP contribution < -0.4 is 10.4 Å². The molecule has 2 aromatic carbocycles. The van der Waals surface area contributed by atoms with E-state index >= 15 is 0 Å². The molecule has 0 fully saturated rings. The lowest BCUT2D eigenvalue weighted by molar-refractivity contribution is 0.306. The molecule has 3 aromatic rings. The molecular formula is C22H19ClO3. The van der Waals surface area contributed by atoms with Gasteiger partial charge in [0.05, 0.1) is 5.02 Å². The average molecular weight is 367 g/mol. The summed E-state index contributed by atoms with van der Waals surface area (Å²) in [6, 6.07) is 11.5. The van der Waals surface area contributed by atoms with Crippen molar-refractivity contribution in [3.63, 3.8) is 0 Å². The minimum Gasteiger partial charge on any atom is -0.487 e. The molecule has 0 saturated heterocycles. The van der Waals surface area contributed by atoms with Crippen LogP contribution in [-0.2, 0) is 19.4 Å². The normalized spacial score (nSPS) is 13.4. The maximum Gasteiger partial charge on any atom is 0.339 e. The van der Waals surface area contributed by atoms with Crippen molar-refractivity contribution < 1.29 is 9.15 Å². The van der Waals surface area contributed by atoms with Gasteiger partial charge in [-0.25, -0.2) is 4.79 Å². The first-order valence-electron chi connectivity index (χ1n) is 8.78. The van der Waals surface area contributed by atoms with Gasteiger partial charge in [-0.1, -0.05) is 48.5 Å². The van der Waals surface area contributed by atoms with Gasteiger partial charge in [-0.2, -0.15) is 0 Å². The van der Waals surface area contributed by atoms with E-state index in [0.717, 1.165) is 53.3 Å². The molecule has 1 aliphatic rings. The molecule has 1 aromatic heterocycles. The summed E-state index contributed by atoms with van der Waals surface area (Å²) in [6.07, 6.45) is 5.59.